The van der Waals surface area contributed by atoms with Gasteiger partial charge < -0.3 is 5.73 Å². The zero-order valence-electron chi connectivity index (χ0n) is 11.7. The fourth-order valence-corrected chi connectivity index (χ4v) is 3.48. The largest absolute Gasteiger partial charge is 0.383 e. The van der Waals surface area contributed by atoms with E-state index >= 15 is 0 Å². The third kappa shape index (κ3) is 3.18. The van der Waals surface area contributed by atoms with Crippen LogP contribution < -0.4 is 5.73 Å². The van der Waals surface area contributed by atoms with E-state index in [0.717, 1.165) is 5.56 Å². The highest BCUT2D eigenvalue weighted by atomic mass is 35.5. The van der Waals surface area contributed by atoms with Crippen molar-refractivity contribution in [2.75, 3.05) is 12.8 Å². The molecule has 0 aliphatic heterocycles. The average Bonchev–Trinajstić information content (AvgIpc) is 2.46. The number of rotatable bonds is 4. The Kier molecular flexibility index (Phi) is 4.51. The Hall–Kier alpha value is -1.63. The summed E-state index contributed by atoms with van der Waals surface area (Å²) in [5.41, 5.74) is 6.51. The standard InChI is InChI=1S/C14H16ClN3O2S/c1-10(11-5-7-12(15)8-6-11)18(2)21(19,20)13-4-3-9-17-14(13)16/h3-10H,1-2H3,(H2,16,17). The van der Waals surface area contributed by atoms with E-state index in [1.165, 1.54) is 23.6 Å². The van der Waals surface area contributed by atoms with Crippen molar-refractivity contribution in [2.45, 2.75) is 17.9 Å². The first kappa shape index (κ1) is 15.8. The lowest BCUT2D eigenvalue weighted by molar-refractivity contribution is 0.398. The van der Waals surface area contributed by atoms with Crippen molar-refractivity contribution >= 4 is 27.4 Å². The number of aromatic nitrogens is 1. The lowest BCUT2D eigenvalue weighted by Crippen LogP contribution is -2.30. The summed E-state index contributed by atoms with van der Waals surface area (Å²) in [7, 11) is -2.20. The summed E-state index contributed by atoms with van der Waals surface area (Å²) in [6.07, 6.45) is 1.46. The fraction of sp³-hybridized carbons (Fsp3) is 0.214. The lowest BCUT2D eigenvalue weighted by Gasteiger charge is -2.25. The van der Waals surface area contributed by atoms with Gasteiger partial charge in [0.1, 0.15) is 10.7 Å². The molecule has 0 saturated carbocycles. The van der Waals surface area contributed by atoms with Crippen LogP contribution in [0.2, 0.25) is 5.02 Å². The first-order valence-corrected chi connectivity index (χ1v) is 8.10. The molecule has 2 rings (SSSR count). The van der Waals surface area contributed by atoms with Crippen LogP contribution >= 0.6 is 11.6 Å². The molecule has 1 aromatic carbocycles. The third-order valence-electron chi connectivity index (χ3n) is 3.35. The second-order valence-electron chi connectivity index (χ2n) is 4.64. The van der Waals surface area contributed by atoms with Crippen LogP contribution in [-0.2, 0) is 10.0 Å². The summed E-state index contributed by atoms with van der Waals surface area (Å²) < 4.78 is 26.5. The quantitative estimate of drug-likeness (QED) is 0.937. The molecule has 1 aromatic heterocycles. The number of halogens is 1. The molecule has 0 aliphatic carbocycles. The van der Waals surface area contributed by atoms with E-state index in [0.29, 0.717) is 5.02 Å². The van der Waals surface area contributed by atoms with Gasteiger partial charge in [0.05, 0.1) is 0 Å². The second-order valence-corrected chi connectivity index (χ2v) is 7.04. The molecule has 0 fully saturated rings. The zero-order valence-corrected chi connectivity index (χ0v) is 13.3. The molecular weight excluding hydrogens is 310 g/mol. The van der Waals surface area contributed by atoms with Crippen LogP contribution in [-0.4, -0.2) is 24.8 Å². The number of pyridine rings is 1. The molecule has 0 radical (unpaired) electrons. The summed E-state index contributed by atoms with van der Waals surface area (Å²) in [5.74, 6) is -0.00680. The van der Waals surface area contributed by atoms with Gasteiger partial charge in [-0.25, -0.2) is 13.4 Å². The Morgan fingerprint density at radius 2 is 1.86 bits per heavy atom. The highest BCUT2D eigenvalue weighted by Gasteiger charge is 2.28. The molecule has 112 valence electrons. The van der Waals surface area contributed by atoms with Gasteiger partial charge in [-0.3, -0.25) is 0 Å². The molecule has 1 heterocycles. The van der Waals surface area contributed by atoms with Gasteiger partial charge in [0.2, 0.25) is 10.0 Å². The van der Waals surface area contributed by atoms with Crippen molar-refractivity contribution in [1.29, 1.82) is 0 Å². The van der Waals surface area contributed by atoms with Gasteiger partial charge in [-0.2, -0.15) is 4.31 Å². The molecule has 2 aromatic rings. The van der Waals surface area contributed by atoms with Crippen molar-refractivity contribution in [2.24, 2.45) is 0 Å². The summed E-state index contributed by atoms with van der Waals surface area (Å²) >= 11 is 5.85. The predicted molar refractivity (Wildman–Crippen MR) is 83.5 cm³/mol. The van der Waals surface area contributed by atoms with E-state index in [9.17, 15) is 8.42 Å². The molecule has 0 aliphatic rings. The smallest absolute Gasteiger partial charge is 0.247 e. The highest BCUT2D eigenvalue weighted by molar-refractivity contribution is 7.89. The third-order valence-corrected chi connectivity index (χ3v) is 5.58. The van der Waals surface area contributed by atoms with Gasteiger partial charge in [0, 0.05) is 24.3 Å². The van der Waals surface area contributed by atoms with Gasteiger partial charge in [0.25, 0.3) is 0 Å². The Labute approximate surface area is 129 Å². The van der Waals surface area contributed by atoms with Crippen molar-refractivity contribution < 1.29 is 8.42 Å². The normalized spacial score (nSPS) is 13.3. The van der Waals surface area contributed by atoms with E-state index in [1.807, 2.05) is 0 Å². The van der Waals surface area contributed by atoms with Crippen molar-refractivity contribution in [3.05, 3.63) is 53.2 Å². The van der Waals surface area contributed by atoms with Crippen molar-refractivity contribution in [1.82, 2.24) is 9.29 Å². The summed E-state index contributed by atoms with van der Waals surface area (Å²) in [6, 6.07) is 9.69. The van der Waals surface area contributed by atoms with E-state index in [1.54, 1.807) is 37.3 Å². The van der Waals surface area contributed by atoms with E-state index in [2.05, 4.69) is 4.98 Å². The molecule has 5 nitrogen and oxygen atoms in total. The minimum absolute atomic E-state index is 0.00680. The molecule has 1 unspecified atom stereocenters. The maximum atomic E-state index is 12.6. The maximum Gasteiger partial charge on any atom is 0.247 e. The van der Waals surface area contributed by atoms with Crippen LogP contribution in [0.4, 0.5) is 5.82 Å². The predicted octanol–water partition coefficient (Wildman–Crippen LogP) is 2.70. The lowest BCUT2D eigenvalue weighted by atomic mass is 10.1. The van der Waals surface area contributed by atoms with E-state index in [-0.39, 0.29) is 16.8 Å². The molecule has 0 bridgehead atoms. The number of benzene rings is 1. The van der Waals surface area contributed by atoms with E-state index in [4.69, 9.17) is 17.3 Å². The van der Waals surface area contributed by atoms with Crippen LogP contribution in [0.1, 0.15) is 18.5 Å². The fourth-order valence-electron chi connectivity index (χ4n) is 1.94. The molecule has 2 N–H and O–H groups in total. The summed E-state index contributed by atoms with van der Waals surface area (Å²) in [6.45, 7) is 1.80. The highest BCUT2D eigenvalue weighted by Crippen LogP contribution is 2.28. The molecule has 7 heteroatoms. The first-order chi connectivity index (χ1) is 9.84. The van der Waals surface area contributed by atoms with Gasteiger partial charge in [-0.15, -0.1) is 0 Å². The number of nitrogens with two attached hydrogens (primary N) is 1. The van der Waals surface area contributed by atoms with E-state index < -0.39 is 10.0 Å². The summed E-state index contributed by atoms with van der Waals surface area (Å²) in [5, 5.41) is 0.605. The Bertz CT molecular complexity index is 732. The Morgan fingerprint density at radius 3 is 2.43 bits per heavy atom. The topological polar surface area (TPSA) is 76.3 Å². The average molecular weight is 326 g/mol. The second kappa shape index (κ2) is 6.01. The van der Waals surface area contributed by atoms with Crippen LogP contribution in [0, 0.1) is 0 Å². The van der Waals surface area contributed by atoms with Crippen LogP contribution in [0.25, 0.3) is 0 Å². The number of nitrogen functional groups attached to an aromatic ring is 1. The Morgan fingerprint density at radius 1 is 1.24 bits per heavy atom. The number of sulfonamides is 1. The van der Waals surface area contributed by atoms with Gasteiger partial charge in [-0.1, -0.05) is 23.7 Å². The minimum atomic E-state index is -3.71. The monoisotopic (exact) mass is 325 g/mol. The zero-order chi connectivity index (χ0) is 15.6. The number of anilines is 1. The maximum absolute atomic E-state index is 12.6. The molecule has 0 amide bonds. The summed E-state index contributed by atoms with van der Waals surface area (Å²) in [4.78, 5) is 3.83. The SMILES string of the molecule is CC(c1ccc(Cl)cc1)N(C)S(=O)(=O)c1cccnc1N. The molecule has 21 heavy (non-hydrogen) atoms. The molecule has 0 saturated heterocycles. The molecular formula is C14H16ClN3O2S. The number of hydrogen-bond acceptors (Lipinski definition) is 4. The van der Waals surface area contributed by atoms with Gasteiger partial charge in [-0.05, 0) is 36.8 Å². The minimum Gasteiger partial charge on any atom is -0.383 e. The van der Waals surface area contributed by atoms with Gasteiger partial charge in [0.15, 0.2) is 0 Å². The van der Waals surface area contributed by atoms with Crippen LogP contribution in [0.5, 0.6) is 0 Å². The number of nitrogens with zero attached hydrogens (tertiary/aromatic N) is 2. The van der Waals surface area contributed by atoms with Crippen LogP contribution in [0.3, 0.4) is 0 Å². The van der Waals surface area contributed by atoms with Crippen LogP contribution in [0.15, 0.2) is 47.5 Å². The Balaban J connectivity index is 2.36. The van der Waals surface area contributed by atoms with Crippen molar-refractivity contribution in [3.63, 3.8) is 0 Å². The van der Waals surface area contributed by atoms with Gasteiger partial charge >= 0.3 is 0 Å². The molecule has 1 atom stereocenters. The first-order valence-electron chi connectivity index (χ1n) is 6.28. The number of hydrogen-bond donors (Lipinski definition) is 1. The molecule has 0 spiro atoms. The van der Waals surface area contributed by atoms with Crippen molar-refractivity contribution in [3.8, 4) is 0 Å².